The van der Waals surface area contributed by atoms with Crippen LogP contribution >= 0.6 is 0 Å². The van der Waals surface area contributed by atoms with Crippen molar-refractivity contribution in [2.24, 2.45) is 52.8 Å². The molecule has 0 aromatic heterocycles. The highest BCUT2D eigenvalue weighted by molar-refractivity contribution is 5.16. The minimum absolute atomic E-state index is 0.799. The summed E-state index contributed by atoms with van der Waals surface area (Å²) in [5.41, 5.74) is 0.799. The summed E-state index contributed by atoms with van der Waals surface area (Å²) in [7, 11) is 0. The molecule has 0 heteroatoms. The van der Waals surface area contributed by atoms with Crippen molar-refractivity contribution in [1.82, 2.24) is 0 Å². The van der Waals surface area contributed by atoms with E-state index in [1.165, 1.54) is 41.4 Å². The third-order valence-corrected chi connectivity index (χ3v) is 8.27. The second kappa shape index (κ2) is 2.78. The second-order valence-electron chi connectivity index (χ2n) is 8.69. The van der Waals surface area contributed by atoms with Gasteiger partial charge in [-0.15, -0.1) is 0 Å². The standard InChI is InChI=1S/C17H26/c1-9(2)17-6-14-11-3-10-4-12(14)16(8-17)13(5-10)15(11)7-17/h9-16H,3-8H2,1-2H3. The van der Waals surface area contributed by atoms with Gasteiger partial charge < -0.3 is 0 Å². The van der Waals surface area contributed by atoms with E-state index in [1.54, 1.807) is 38.5 Å². The van der Waals surface area contributed by atoms with Gasteiger partial charge in [0.05, 0.1) is 0 Å². The van der Waals surface area contributed by atoms with E-state index in [4.69, 9.17) is 0 Å². The average molecular weight is 230 g/mol. The third-order valence-electron chi connectivity index (χ3n) is 8.27. The molecule has 0 radical (unpaired) electrons. The van der Waals surface area contributed by atoms with Gasteiger partial charge in [0.1, 0.15) is 0 Å². The Balaban J connectivity index is 1.63. The highest BCUT2D eigenvalue weighted by Crippen LogP contribution is 2.75. The maximum atomic E-state index is 2.52. The largest absolute Gasteiger partial charge is 0.0622 e. The lowest BCUT2D eigenvalue weighted by molar-refractivity contribution is -0.242. The SMILES string of the molecule is CC(C)C12CC3C4CC5CC3C(C1)C(C5)C4C2. The summed E-state index contributed by atoms with van der Waals surface area (Å²) in [4.78, 5) is 0. The molecule has 17 heavy (non-hydrogen) atoms. The molecule has 0 aliphatic heterocycles. The minimum Gasteiger partial charge on any atom is -0.0622 e. The number of rotatable bonds is 1. The molecule has 0 N–H and O–H groups in total. The van der Waals surface area contributed by atoms with Crippen molar-refractivity contribution in [2.75, 3.05) is 0 Å². The van der Waals surface area contributed by atoms with Gasteiger partial charge >= 0.3 is 0 Å². The predicted molar refractivity (Wildman–Crippen MR) is 69.4 cm³/mol. The Morgan fingerprint density at radius 3 is 1.47 bits per heavy atom. The molecule has 7 aliphatic carbocycles. The smallest absolute Gasteiger partial charge is 0.0266 e. The Morgan fingerprint density at radius 1 is 0.706 bits per heavy atom. The fraction of sp³-hybridized carbons (Fsp3) is 1.00. The van der Waals surface area contributed by atoms with Gasteiger partial charge in [0.2, 0.25) is 0 Å². The highest BCUT2D eigenvalue weighted by atomic mass is 14.7. The zero-order valence-electron chi connectivity index (χ0n) is 11.4. The molecule has 0 unspecified atom stereocenters. The zero-order chi connectivity index (χ0) is 11.4. The first-order valence-electron chi connectivity index (χ1n) is 8.18. The van der Waals surface area contributed by atoms with Gasteiger partial charge in [-0.05, 0) is 91.3 Å². The van der Waals surface area contributed by atoms with Crippen LogP contribution in [0.3, 0.4) is 0 Å². The summed E-state index contributed by atoms with van der Waals surface area (Å²) in [5, 5.41) is 0. The van der Waals surface area contributed by atoms with Crippen LogP contribution in [0.1, 0.15) is 52.4 Å². The van der Waals surface area contributed by atoms with Crippen LogP contribution in [0.15, 0.2) is 0 Å². The van der Waals surface area contributed by atoms with Crippen LogP contribution in [0, 0.1) is 52.8 Å². The predicted octanol–water partition coefficient (Wildman–Crippen LogP) is 4.35. The van der Waals surface area contributed by atoms with Gasteiger partial charge in [-0.25, -0.2) is 0 Å². The topological polar surface area (TPSA) is 0 Å². The third kappa shape index (κ3) is 0.965. The number of hydrogen-bond acceptors (Lipinski definition) is 0. The van der Waals surface area contributed by atoms with Crippen molar-refractivity contribution in [3.8, 4) is 0 Å². The Hall–Kier alpha value is 0. The molecule has 8 bridgehead atoms. The molecular formula is C17H26. The van der Waals surface area contributed by atoms with Crippen LogP contribution in [0.25, 0.3) is 0 Å². The van der Waals surface area contributed by atoms with Gasteiger partial charge in [-0.2, -0.15) is 0 Å². The lowest BCUT2D eigenvalue weighted by atomic mass is 9.32. The molecule has 7 saturated carbocycles. The van der Waals surface area contributed by atoms with E-state index < -0.39 is 0 Å². The minimum atomic E-state index is 0.799. The molecule has 0 amide bonds. The first kappa shape index (κ1) is 9.87. The van der Waals surface area contributed by atoms with Gasteiger partial charge in [0.15, 0.2) is 0 Å². The fourth-order valence-corrected chi connectivity index (χ4v) is 7.67. The summed E-state index contributed by atoms with van der Waals surface area (Å²) >= 11 is 0. The summed E-state index contributed by atoms with van der Waals surface area (Å²) in [6.07, 6.45) is 9.82. The Morgan fingerprint density at radius 2 is 1.12 bits per heavy atom. The van der Waals surface area contributed by atoms with Crippen LogP contribution in [0.5, 0.6) is 0 Å². The number of hydrogen-bond donors (Lipinski definition) is 0. The van der Waals surface area contributed by atoms with E-state index in [-0.39, 0.29) is 0 Å². The van der Waals surface area contributed by atoms with E-state index in [0.29, 0.717) is 0 Å². The molecule has 0 spiro atoms. The lowest BCUT2D eigenvalue weighted by Gasteiger charge is -2.73. The molecular weight excluding hydrogens is 204 g/mol. The molecule has 0 nitrogen and oxygen atoms in total. The van der Waals surface area contributed by atoms with Crippen molar-refractivity contribution in [2.45, 2.75) is 52.4 Å². The average Bonchev–Trinajstić information content (AvgIpc) is 2.34. The second-order valence-corrected chi connectivity index (χ2v) is 8.69. The first-order chi connectivity index (χ1) is 8.18. The quantitative estimate of drug-likeness (QED) is 0.628. The van der Waals surface area contributed by atoms with Crippen LogP contribution in [-0.2, 0) is 0 Å². The van der Waals surface area contributed by atoms with E-state index in [1.807, 2.05) is 0 Å². The Kier molecular flexibility index (Phi) is 1.61. The fourth-order valence-electron chi connectivity index (χ4n) is 7.67. The van der Waals surface area contributed by atoms with Gasteiger partial charge in [0, 0.05) is 0 Å². The van der Waals surface area contributed by atoms with Crippen molar-refractivity contribution in [3.05, 3.63) is 0 Å². The maximum Gasteiger partial charge on any atom is -0.0266 e. The van der Waals surface area contributed by atoms with Crippen LogP contribution in [-0.4, -0.2) is 0 Å². The highest BCUT2D eigenvalue weighted by Gasteiger charge is 2.67. The molecule has 0 saturated heterocycles. The van der Waals surface area contributed by atoms with Gasteiger partial charge in [0.25, 0.3) is 0 Å². The molecule has 7 aliphatic rings. The summed E-state index contributed by atoms with van der Waals surface area (Å²) in [6, 6.07) is 0. The van der Waals surface area contributed by atoms with Crippen molar-refractivity contribution in [1.29, 1.82) is 0 Å². The monoisotopic (exact) mass is 230 g/mol. The molecule has 7 rings (SSSR count). The molecule has 94 valence electrons. The Labute approximate surface area is 106 Å². The van der Waals surface area contributed by atoms with E-state index >= 15 is 0 Å². The molecule has 0 atom stereocenters. The van der Waals surface area contributed by atoms with E-state index in [0.717, 1.165) is 11.3 Å². The normalized spacial score (nSPS) is 66.2. The summed E-state index contributed by atoms with van der Waals surface area (Å²) < 4.78 is 0. The summed E-state index contributed by atoms with van der Waals surface area (Å²) in [5.74, 6) is 9.26. The lowest BCUT2D eigenvalue weighted by Crippen LogP contribution is -2.66. The maximum absolute atomic E-state index is 2.52. The molecule has 7 fully saturated rings. The first-order valence-corrected chi connectivity index (χ1v) is 8.18. The van der Waals surface area contributed by atoms with Crippen molar-refractivity contribution in [3.63, 3.8) is 0 Å². The van der Waals surface area contributed by atoms with E-state index in [2.05, 4.69) is 13.8 Å². The van der Waals surface area contributed by atoms with Crippen molar-refractivity contribution < 1.29 is 0 Å². The molecule has 0 heterocycles. The van der Waals surface area contributed by atoms with Crippen molar-refractivity contribution >= 4 is 0 Å². The molecule has 0 aromatic carbocycles. The molecule has 0 aromatic rings. The van der Waals surface area contributed by atoms with Gasteiger partial charge in [-0.3, -0.25) is 0 Å². The zero-order valence-corrected chi connectivity index (χ0v) is 11.4. The van der Waals surface area contributed by atoms with Crippen LogP contribution in [0.4, 0.5) is 0 Å². The van der Waals surface area contributed by atoms with Gasteiger partial charge in [-0.1, -0.05) is 13.8 Å². The van der Waals surface area contributed by atoms with E-state index in [9.17, 15) is 0 Å². The van der Waals surface area contributed by atoms with Crippen LogP contribution < -0.4 is 0 Å². The summed E-state index contributed by atoms with van der Waals surface area (Å²) in [6.45, 7) is 5.04. The van der Waals surface area contributed by atoms with Crippen LogP contribution in [0.2, 0.25) is 0 Å². The Bertz CT molecular complexity index is 306.